The number of anilines is 1. The monoisotopic (exact) mass is 340 g/mol. The van der Waals surface area contributed by atoms with Gasteiger partial charge >= 0.3 is 0 Å². The van der Waals surface area contributed by atoms with Crippen LogP contribution in [0, 0.1) is 0 Å². The summed E-state index contributed by atoms with van der Waals surface area (Å²) in [6.45, 7) is 2.90. The zero-order valence-electron chi connectivity index (χ0n) is 12.9. The molecule has 24 heavy (non-hydrogen) atoms. The molecule has 2 aliphatic heterocycles. The largest absolute Gasteiger partial charge is 0.378 e. The van der Waals surface area contributed by atoms with Crippen molar-refractivity contribution in [2.75, 3.05) is 31.2 Å². The van der Waals surface area contributed by atoms with E-state index in [9.17, 15) is 4.79 Å². The minimum Gasteiger partial charge on any atom is -0.378 e. The molecule has 0 aliphatic carbocycles. The number of thiocarbonyl (C=S) groups is 1. The zero-order chi connectivity index (χ0) is 16.5. The number of pyridine rings is 1. The number of rotatable bonds is 2. The predicted octanol–water partition coefficient (Wildman–Crippen LogP) is 1.42. The maximum Gasteiger partial charge on any atom is 0.273 e. The maximum absolute atomic E-state index is 12.0. The topological polar surface area (TPSA) is 66.5 Å². The van der Waals surface area contributed by atoms with E-state index in [0.717, 1.165) is 35.4 Å². The molecule has 0 unspecified atom stereocenters. The van der Waals surface area contributed by atoms with Gasteiger partial charge in [0, 0.05) is 24.0 Å². The molecular formula is C17H16N4O2S. The standard InChI is InChI=1S/C17H16N4O2S/c22-16-14(19-17(24)20-16)10-12-9-11-3-1-2-4-13(11)18-15(12)21-5-7-23-8-6-21/h1-4,9-10H,5-8H2,(H2,19,20,22,24)/b14-10+. The first-order valence-corrected chi connectivity index (χ1v) is 8.18. The summed E-state index contributed by atoms with van der Waals surface area (Å²) >= 11 is 5.00. The van der Waals surface area contributed by atoms with E-state index in [1.807, 2.05) is 24.3 Å². The second-order valence-electron chi connectivity index (χ2n) is 5.66. The number of hydrogen-bond acceptors (Lipinski definition) is 5. The van der Waals surface area contributed by atoms with Crippen molar-refractivity contribution in [2.45, 2.75) is 0 Å². The van der Waals surface area contributed by atoms with Crippen LogP contribution < -0.4 is 15.5 Å². The number of fused-ring (bicyclic) bond motifs is 1. The lowest BCUT2D eigenvalue weighted by atomic mass is 10.1. The molecule has 4 rings (SSSR count). The maximum atomic E-state index is 12.0. The third-order valence-electron chi connectivity index (χ3n) is 4.06. The lowest BCUT2D eigenvalue weighted by Gasteiger charge is -2.29. The third-order valence-corrected chi connectivity index (χ3v) is 4.27. The predicted molar refractivity (Wildman–Crippen MR) is 96.6 cm³/mol. The van der Waals surface area contributed by atoms with E-state index in [4.69, 9.17) is 21.9 Å². The zero-order valence-corrected chi connectivity index (χ0v) is 13.7. The summed E-state index contributed by atoms with van der Waals surface area (Å²) in [5, 5.41) is 6.83. The van der Waals surface area contributed by atoms with Gasteiger partial charge in [-0.25, -0.2) is 4.98 Å². The van der Waals surface area contributed by atoms with E-state index < -0.39 is 0 Å². The molecule has 2 fully saturated rings. The van der Waals surface area contributed by atoms with Crippen LogP contribution in [0.2, 0.25) is 0 Å². The van der Waals surface area contributed by atoms with Crippen LogP contribution in [0.3, 0.4) is 0 Å². The molecule has 122 valence electrons. The molecule has 3 heterocycles. The quantitative estimate of drug-likeness (QED) is 0.637. The molecule has 0 bridgehead atoms. The van der Waals surface area contributed by atoms with Crippen molar-refractivity contribution in [3.05, 3.63) is 41.6 Å². The Morgan fingerprint density at radius 3 is 2.75 bits per heavy atom. The van der Waals surface area contributed by atoms with Crippen molar-refractivity contribution in [2.24, 2.45) is 0 Å². The molecule has 2 N–H and O–H groups in total. The Hall–Kier alpha value is -2.51. The number of benzene rings is 1. The molecule has 7 heteroatoms. The molecule has 0 radical (unpaired) electrons. The molecule has 2 saturated heterocycles. The number of aromatic nitrogens is 1. The minimum absolute atomic E-state index is 0.221. The third kappa shape index (κ3) is 2.83. The number of para-hydroxylation sites is 1. The molecule has 2 aliphatic rings. The van der Waals surface area contributed by atoms with Gasteiger partial charge in [-0.1, -0.05) is 18.2 Å². The minimum atomic E-state index is -0.221. The number of hydrogen-bond donors (Lipinski definition) is 2. The molecule has 1 aromatic carbocycles. The highest BCUT2D eigenvalue weighted by Gasteiger charge is 2.22. The number of morpholine rings is 1. The van der Waals surface area contributed by atoms with E-state index in [1.54, 1.807) is 6.08 Å². The van der Waals surface area contributed by atoms with Crippen molar-refractivity contribution >= 4 is 46.0 Å². The summed E-state index contributed by atoms with van der Waals surface area (Å²) in [5.41, 5.74) is 2.25. The summed E-state index contributed by atoms with van der Waals surface area (Å²) in [6, 6.07) is 10.0. The van der Waals surface area contributed by atoms with Gasteiger partial charge in [0.1, 0.15) is 11.5 Å². The Morgan fingerprint density at radius 1 is 1.21 bits per heavy atom. The Bertz CT molecular complexity index is 859. The molecule has 1 aromatic heterocycles. The highest BCUT2D eigenvalue weighted by Crippen LogP contribution is 2.26. The van der Waals surface area contributed by atoms with Gasteiger partial charge in [0.05, 0.1) is 18.7 Å². The van der Waals surface area contributed by atoms with Gasteiger partial charge in [0.25, 0.3) is 5.91 Å². The van der Waals surface area contributed by atoms with Crippen molar-refractivity contribution in [1.29, 1.82) is 0 Å². The number of nitrogens with one attached hydrogen (secondary N) is 2. The van der Waals surface area contributed by atoms with Crippen LogP contribution in [-0.4, -0.2) is 42.3 Å². The fourth-order valence-electron chi connectivity index (χ4n) is 2.89. The van der Waals surface area contributed by atoms with Crippen LogP contribution >= 0.6 is 12.2 Å². The van der Waals surface area contributed by atoms with Crippen LogP contribution in [-0.2, 0) is 9.53 Å². The molecule has 0 spiro atoms. The van der Waals surface area contributed by atoms with E-state index in [2.05, 4.69) is 21.6 Å². The summed E-state index contributed by atoms with van der Waals surface area (Å²) in [6.07, 6.45) is 1.80. The summed E-state index contributed by atoms with van der Waals surface area (Å²) in [4.78, 5) is 19.0. The molecule has 0 saturated carbocycles. The molecule has 2 aromatic rings. The second-order valence-corrected chi connectivity index (χ2v) is 6.07. The van der Waals surface area contributed by atoms with E-state index in [0.29, 0.717) is 24.0 Å². The van der Waals surface area contributed by atoms with Gasteiger partial charge in [-0.3, -0.25) is 10.1 Å². The average Bonchev–Trinajstić information content (AvgIpc) is 2.92. The average molecular weight is 340 g/mol. The normalized spacial score (nSPS) is 19.7. The fraction of sp³-hybridized carbons (Fsp3) is 0.235. The van der Waals surface area contributed by atoms with Crippen LogP contribution in [0.1, 0.15) is 5.56 Å². The van der Waals surface area contributed by atoms with Crippen molar-refractivity contribution in [1.82, 2.24) is 15.6 Å². The van der Waals surface area contributed by atoms with Crippen molar-refractivity contribution in [3.8, 4) is 0 Å². The highest BCUT2D eigenvalue weighted by molar-refractivity contribution is 7.80. The van der Waals surface area contributed by atoms with Gasteiger partial charge in [0.15, 0.2) is 5.11 Å². The van der Waals surface area contributed by atoms with Crippen molar-refractivity contribution in [3.63, 3.8) is 0 Å². The number of amides is 1. The van der Waals surface area contributed by atoms with Gasteiger partial charge in [-0.2, -0.15) is 0 Å². The van der Waals surface area contributed by atoms with Gasteiger partial charge in [0.2, 0.25) is 0 Å². The number of carbonyl (C=O) groups is 1. The van der Waals surface area contributed by atoms with Gasteiger partial charge < -0.3 is 15.0 Å². The van der Waals surface area contributed by atoms with Gasteiger partial charge in [-0.15, -0.1) is 0 Å². The van der Waals surface area contributed by atoms with E-state index >= 15 is 0 Å². The lowest BCUT2D eigenvalue weighted by Crippen LogP contribution is -2.37. The SMILES string of the molecule is O=C1NC(=S)N/C1=C/c1cc2ccccc2nc1N1CCOCC1. The van der Waals surface area contributed by atoms with Crippen LogP contribution in [0.5, 0.6) is 0 Å². The first-order valence-electron chi connectivity index (χ1n) is 7.77. The Kier molecular flexibility index (Phi) is 3.87. The number of carbonyl (C=O) groups excluding carboxylic acids is 1. The molecule has 6 nitrogen and oxygen atoms in total. The Labute approximate surface area is 144 Å². The van der Waals surface area contributed by atoms with Crippen LogP contribution in [0.4, 0.5) is 5.82 Å². The Morgan fingerprint density at radius 2 is 2.00 bits per heavy atom. The number of nitrogens with zero attached hydrogens (tertiary/aromatic N) is 2. The second kappa shape index (κ2) is 6.18. The Balaban J connectivity index is 1.83. The summed E-state index contributed by atoms with van der Waals surface area (Å²) in [7, 11) is 0. The van der Waals surface area contributed by atoms with Gasteiger partial charge in [-0.05, 0) is 30.4 Å². The highest BCUT2D eigenvalue weighted by atomic mass is 32.1. The van der Waals surface area contributed by atoms with Crippen molar-refractivity contribution < 1.29 is 9.53 Å². The first kappa shape index (κ1) is 15.0. The molecular weight excluding hydrogens is 324 g/mol. The van der Waals surface area contributed by atoms with E-state index in [1.165, 1.54) is 0 Å². The lowest BCUT2D eigenvalue weighted by molar-refractivity contribution is -0.115. The fourth-order valence-corrected chi connectivity index (χ4v) is 3.10. The smallest absolute Gasteiger partial charge is 0.273 e. The first-order chi connectivity index (χ1) is 11.7. The van der Waals surface area contributed by atoms with Crippen LogP contribution in [0.15, 0.2) is 36.0 Å². The van der Waals surface area contributed by atoms with Crippen LogP contribution in [0.25, 0.3) is 17.0 Å². The van der Waals surface area contributed by atoms with E-state index in [-0.39, 0.29) is 5.91 Å². The number of ether oxygens (including phenoxy) is 1. The molecule has 0 atom stereocenters. The molecule has 1 amide bonds. The summed E-state index contributed by atoms with van der Waals surface area (Å²) in [5.74, 6) is 0.637. The summed E-state index contributed by atoms with van der Waals surface area (Å²) < 4.78 is 5.43.